The number of hydrogen-bond donors (Lipinski definition) is 0. The quantitative estimate of drug-likeness (QED) is 0.797. The summed E-state index contributed by atoms with van der Waals surface area (Å²) in [5.41, 5.74) is 0.600. The second-order valence-electron chi connectivity index (χ2n) is 5.21. The van der Waals surface area contributed by atoms with Crippen molar-refractivity contribution in [1.29, 1.82) is 0 Å². The molecule has 0 bridgehead atoms. The average Bonchev–Trinajstić information content (AvgIpc) is 3.10. The van der Waals surface area contributed by atoms with Crippen LogP contribution < -0.4 is 0 Å². The van der Waals surface area contributed by atoms with Crippen LogP contribution in [0.2, 0.25) is 0 Å². The number of nitrogens with zero attached hydrogens (tertiary/aromatic N) is 3. The Labute approximate surface area is 128 Å². The monoisotopic (exact) mass is 299 g/mol. The molecule has 0 unspecified atom stereocenters. The lowest BCUT2D eigenvalue weighted by Gasteiger charge is -2.34. The molecule has 1 aliphatic rings. The first-order chi connectivity index (χ1) is 10.7. The maximum atomic E-state index is 12.3. The lowest BCUT2D eigenvalue weighted by Crippen LogP contribution is -2.49. The summed E-state index contributed by atoms with van der Waals surface area (Å²) in [6.45, 7) is 2.90. The number of hydrogen-bond acceptors (Lipinski definition) is 5. The molecule has 0 spiro atoms. The molecule has 0 aromatic carbocycles. The van der Waals surface area contributed by atoms with E-state index in [-0.39, 0.29) is 11.7 Å². The Morgan fingerprint density at radius 1 is 1.14 bits per heavy atom. The van der Waals surface area contributed by atoms with Crippen molar-refractivity contribution in [3.63, 3.8) is 0 Å². The summed E-state index contributed by atoms with van der Waals surface area (Å²) in [5.74, 6) is 0.344. The zero-order chi connectivity index (χ0) is 15.4. The van der Waals surface area contributed by atoms with E-state index in [1.807, 2.05) is 4.90 Å². The number of carbonyl (C=O) groups excluding carboxylic acids is 2. The molecular weight excluding hydrogens is 282 g/mol. The van der Waals surface area contributed by atoms with E-state index >= 15 is 0 Å². The van der Waals surface area contributed by atoms with Crippen LogP contribution in [0, 0.1) is 0 Å². The molecule has 1 amide bonds. The van der Waals surface area contributed by atoms with Gasteiger partial charge < -0.3 is 9.32 Å². The Bertz CT molecular complexity index is 632. The van der Waals surface area contributed by atoms with Gasteiger partial charge in [0, 0.05) is 38.6 Å². The lowest BCUT2D eigenvalue weighted by molar-refractivity contribution is 0.0620. The predicted molar refractivity (Wildman–Crippen MR) is 79.6 cm³/mol. The number of ketones is 1. The smallest absolute Gasteiger partial charge is 0.255 e. The molecule has 3 heterocycles. The van der Waals surface area contributed by atoms with Crippen molar-refractivity contribution in [3.8, 4) is 0 Å². The molecule has 0 radical (unpaired) electrons. The van der Waals surface area contributed by atoms with E-state index in [2.05, 4.69) is 4.98 Å². The van der Waals surface area contributed by atoms with Crippen LogP contribution in [0.15, 0.2) is 47.3 Å². The topological polar surface area (TPSA) is 66.7 Å². The Morgan fingerprint density at radius 2 is 1.95 bits per heavy atom. The minimum atomic E-state index is -0.0305. The van der Waals surface area contributed by atoms with Crippen molar-refractivity contribution in [2.24, 2.45) is 0 Å². The molecule has 0 atom stereocenters. The standard InChI is InChI=1S/C16H17N3O3/c20-14(15-4-2-10-22-15)12-18-6-8-19(9-7-18)16(21)13-3-1-5-17-11-13/h1-5,10-11H,6-9,12H2. The van der Waals surface area contributed by atoms with Crippen molar-refractivity contribution in [3.05, 3.63) is 54.2 Å². The Balaban J connectivity index is 1.52. The highest BCUT2D eigenvalue weighted by molar-refractivity contribution is 5.95. The van der Waals surface area contributed by atoms with Gasteiger partial charge in [-0.1, -0.05) is 0 Å². The maximum Gasteiger partial charge on any atom is 0.255 e. The van der Waals surface area contributed by atoms with Crippen LogP contribution in [0.4, 0.5) is 0 Å². The van der Waals surface area contributed by atoms with Gasteiger partial charge in [-0.2, -0.15) is 0 Å². The number of amides is 1. The summed E-state index contributed by atoms with van der Waals surface area (Å²) < 4.78 is 5.11. The van der Waals surface area contributed by atoms with Gasteiger partial charge in [0.05, 0.1) is 18.4 Å². The third-order valence-corrected chi connectivity index (χ3v) is 3.73. The third kappa shape index (κ3) is 3.23. The summed E-state index contributed by atoms with van der Waals surface area (Å²) in [5, 5.41) is 0. The van der Waals surface area contributed by atoms with Crippen LogP contribution in [-0.2, 0) is 0 Å². The Kier molecular flexibility index (Phi) is 4.29. The van der Waals surface area contributed by atoms with Gasteiger partial charge in [0.15, 0.2) is 5.76 Å². The van der Waals surface area contributed by atoms with Crippen LogP contribution in [0.5, 0.6) is 0 Å². The van der Waals surface area contributed by atoms with Gasteiger partial charge in [-0.3, -0.25) is 19.5 Å². The van der Waals surface area contributed by atoms with Crippen molar-refractivity contribution < 1.29 is 14.0 Å². The number of rotatable bonds is 4. The van der Waals surface area contributed by atoms with Crippen molar-refractivity contribution in [1.82, 2.24) is 14.8 Å². The van der Waals surface area contributed by atoms with Crippen molar-refractivity contribution in [2.75, 3.05) is 32.7 Å². The number of Topliss-reactive ketones (excluding diaryl/α,β-unsaturated/α-hetero) is 1. The van der Waals surface area contributed by atoms with E-state index in [9.17, 15) is 9.59 Å². The number of carbonyl (C=O) groups is 2. The summed E-state index contributed by atoms with van der Waals surface area (Å²) in [6.07, 6.45) is 4.72. The first-order valence-electron chi connectivity index (χ1n) is 7.22. The number of pyridine rings is 1. The molecule has 1 fully saturated rings. The van der Waals surface area contributed by atoms with Crippen LogP contribution in [0.3, 0.4) is 0 Å². The fourth-order valence-electron chi connectivity index (χ4n) is 2.50. The molecule has 3 rings (SSSR count). The van der Waals surface area contributed by atoms with Crippen LogP contribution in [-0.4, -0.2) is 59.2 Å². The highest BCUT2D eigenvalue weighted by Gasteiger charge is 2.24. The number of furan rings is 1. The first kappa shape index (κ1) is 14.5. The number of piperazine rings is 1. The molecule has 0 N–H and O–H groups in total. The largest absolute Gasteiger partial charge is 0.461 e. The summed E-state index contributed by atoms with van der Waals surface area (Å²) in [6, 6.07) is 6.90. The van der Waals surface area contributed by atoms with Gasteiger partial charge in [0.1, 0.15) is 0 Å². The summed E-state index contributed by atoms with van der Waals surface area (Å²) in [7, 11) is 0. The molecule has 6 heteroatoms. The van der Waals surface area contributed by atoms with Crippen LogP contribution in [0.1, 0.15) is 20.9 Å². The molecule has 114 valence electrons. The zero-order valence-corrected chi connectivity index (χ0v) is 12.1. The van der Waals surface area contributed by atoms with E-state index in [1.165, 1.54) is 6.26 Å². The lowest BCUT2D eigenvalue weighted by atomic mass is 10.2. The molecule has 0 aliphatic carbocycles. The van der Waals surface area contributed by atoms with E-state index in [0.29, 0.717) is 44.0 Å². The molecule has 0 saturated carbocycles. The third-order valence-electron chi connectivity index (χ3n) is 3.73. The van der Waals surface area contributed by atoms with Gasteiger partial charge in [0.25, 0.3) is 5.91 Å². The first-order valence-corrected chi connectivity index (χ1v) is 7.22. The molecule has 2 aromatic heterocycles. The number of aromatic nitrogens is 1. The average molecular weight is 299 g/mol. The molecule has 6 nitrogen and oxygen atoms in total. The minimum Gasteiger partial charge on any atom is -0.461 e. The Hall–Kier alpha value is -2.47. The normalized spacial score (nSPS) is 15.7. The van der Waals surface area contributed by atoms with Gasteiger partial charge in [-0.25, -0.2) is 0 Å². The Morgan fingerprint density at radius 3 is 2.59 bits per heavy atom. The molecule has 1 aliphatic heterocycles. The van der Waals surface area contributed by atoms with E-state index < -0.39 is 0 Å². The van der Waals surface area contributed by atoms with E-state index in [0.717, 1.165) is 0 Å². The van der Waals surface area contributed by atoms with Gasteiger partial charge in [-0.15, -0.1) is 0 Å². The second-order valence-corrected chi connectivity index (χ2v) is 5.21. The fourth-order valence-corrected chi connectivity index (χ4v) is 2.50. The van der Waals surface area contributed by atoms with Crippen molar-refractivity contribution >= 4 is 11.7 Å². The summed E-state index contributed by atoms with van der Waals surface area (Å²) >= 11 is 0. The van der Waals surface area contributed by atoms with E-state index in [4.69, 9.17) is 4.42 Å². The van der Waals surface area contributed by atoms with Gasteiger partial charge >= 0.3 is 0 Å². The molecular formula is C16H17N3O3. The van der Waals surface area contributed by atoms with E-state index in [1.54, 1.807) is 41.6 Å². The molecule has 22 heavy (non-hydrogen) atoms. The fraction of sp³-hybridized carbons (Fsp3) is 0.312. The highest BCUT2D eigenvalue weighted by Crippen LogP contribution is 2.09. The summed E-state index contributed by atoms with van der Waals surface area (Å²) in [4.78, 5) is 32.1. The molecule has 2 aromatic rings. The van der Waals surface area contributed by atoms with Crippen LogP contribution in [0.25, 0.3) is 0 Å². The molecule has 1 saturated heterocycles. The maximum absolute atomic E-state index is 12.3. The van der Waals surface area contributed by atoms with Gasteiger partial charge in [0.2, 0.25) is 5.78 Å². The SMILES string of the molecule is O=C(CN1CCN(C(=O)c2cccnc2)CC1)c1ccco1. The van der Waals surface area contributed by atoms with Gasteiger partial charge in [-0.05, 0) is 24.3 Å². The van der Waals surface area contributed by atoms with Crippen molar-refractivity contribution in [2.45, 2.75) is 0 Å². The zero-order valence-electron chi connectivity index (χ0n) is 12.1. The predicted octanol–water partition coefficient (Wildman–Crippen LogP) is 1.32. The highest BCUT2D eigenvalue weighted by atomic mass is 16.3. The minimum absolute atomic E-state index is 0.00916. The van der Waals surface area contributed by atoms with Crippen LogP contribution >= 0.6 is 0 Å². The second kappa shape index (κ2) is 6.53.